The molecule has 2 heteroatoms. The van der Waals surface area contributed by atoms with Gasteiger partial charge in [-0.15, -0.1) is 6.42 Å². The molecule has 0 radical (unpaired) electrons. The molecule has 2 nitrogen and oxygen atoms in total. The molecule has 2 rings (SSSR count). The van der Waals surface area contributed by atoms with Gasteiger partial charge in [-0.05, 0) is 6.42 Å². The number of fused-ring (bicyclic) bond motifs is 1. The molecule has 1 aromatic rings. The van der Waals surface area contributed by atoms with Gasteiger partial charge in [-0.1, -0.05) is 0 Å². The van der Waals surface area contributed by atoms with Crippen LogP contribution in [-0.4, -0.2) is 9.97 Å². The van der Waals surface area contributed by atoms with Gasteiger partial charge in [0.05, 0.1) is 6.33 Å². The molecule has 1 aromatic heterocycles. The zero-order valence-corrected chi connectivity index (χ0v) is 5.22. The Morgan fingerprint density at radius 3 is 3.56 bits per heavy atom. The van der Waals surface area contributed by atoms with E-state index < -0.39 is 0 Å². The highest BCUT2D eigenvalue weighted by Crippen LogP contribution is 2.15. The van der Waals surface area contributed by atoms with Crippen molar-refractivity contribution in [2.75, 3.05) is 0 Å². The Hall–Kier alpha value is -0.790. The van der Waals surface area contributed by atoms with Gasteiger partial charge in [-0.2, -0.15) is 6.42 Å². The lowest BCUT2D eigenvalue weighted by Gasteiger charge is -2.16. The zero-order valence-electron chi connectivity index (χ0n) is 5.22. The summed E-state index contributed by atoms with van der Waals surface area (Å²) >= 11 is 0. The SMILES string of the molecule is c1nc2c([nH]1)CC[CH-]C2. The average Bonchev–Trinajstić information content (AvgIpc) is 2.33. The minimum Gasteiger partial charge on any atom is -0.348 e. The third-order valence-corrected chi connectivity index (χ3v) is 1.74. The van der Waals surface area contributed by atoms with Gasteiger partial charge in [0.2, 0.25) is 0 Å². The van der Waals surface area contributed by atoms with Crippen LogP contribution in [-0.2, 0) is 12.8 Å². The average molecular weight is 121 g/mol. The minimum absolute atomic E-state index is 1.05. The van der Waals surface area contributed by atoms with Crippen LogP contribution in [0.2, 0.25) is 0 Å². The molecule has 0 spiro atoms. The summed E-state index contributed by atoms with van der Waals surface area (Å²) in [7, 11) is 0. The second kappa shape index (κ2) is 1.87. The third kappa shape index (κ3) is 0.745. The van der Waals surface area contributed by atoms with Crippen molar-refractivity contribution in [3.05, 3.63) is 24.1 Å². The van der Waals surface area contributed by atoms with E-state index in [4.69, 9.17) is 0 Å². The van der Waals surface area contributed by atoms with E-state index in [1.54, 1.807) is 6.33 Å². The molecule has 0 fully saturated rings. The van der Waals surface area contributed by atoms with Gasteiger partial charge >= 0.3 is 0 Å². The number of aromatic amines is 1. The fourth-order valence-electron chi connectivity index (χ4n) is 1.23. The first-order chi connectivity index (χ1) is 4.47. The van der Waals surface area contributed by atoms with Crippen molar-refractivity contribution in [1.29, 1.82) is 0 Å². The maximum Gasteiger partial charge on any atom is 0.0924 e. The van der Waals surface area contributed by atoms with Crippen LogP contribution >= 0.6 is 0 Å². The first-order valence-corrected chi connectivity index (χ1v) is 3.29. The molecule has 1 heterocycles. The molecule has 1 aliphatic rings. The highest BCUT2D eigenvalue weighted by molar-refractivity contribution is 5.17. The van der Waals surface area contributed by atoms with E-state index in [1.165, 1.54) is 17.8 Å². The second-order valence-electron chi connectivity index (χ2n) is 2.36. The molecule has 1 N–H and O–H groups in total. The van der Waals surface area contributed by atoms with E-state index in [0.29, 0.717) is 0 Å². The second-order valence-corrected chi connectivity index (χ2v) is 2.36. The van der Waals surface area contributed by atoms with Crippen molar-refractivity contribution in [1.82, 2.24) is 9.97 Å². The largest absolute Gasteiger partial charge is 0.348 e. The summed E-state index contributed by atoms with van der Waals surface area (Å²) in [5.41, 5.74) is 2.57. The Morgan fingerprint density at radius 1 is 1.67 bits per heavy atom. The molecule has 0 atom stereocenters. The molecule has 0 amide bonds. The van der Waals surface area contributed by atoms with Crippen molar-refractivity contribution in [3.63, 3.8) is 0 Å². The van der Waals surface area contributed by atoms with Gasteiger partial charge < -0.3 is 11.4 Å². The van der Waals surface area contributed by atoms with Crippen LogP contribution in [0.25, 0.3) is 0 Å². The lowest BCUT2D eigenvalue weighted by atomic mass is 10.0. The number of aromatic nitrogens is 2. The van der Waals surface area contributed by atoms with Gasteiger partial charge in [-0.3, -0.25) is 0 Å². The van der Waals surface area contributed by atoms with Crippen molar-refractivity contribution >= 4 is 0 Å². The summed E-state index contributed by atoms with van der Waals surface area (Å²) in [5, 5.41) is 0. The van der Waals surface area contributed by atoms with E-state index in [1.807, 2.05) is 0 Å². The fraction of sp³-hybridized carbons (Fsp3) is 0.429. The number of rotatable bonds is 0. The summed E-state index contributed by atoms with van der Waals surface area (Å²) in [6, 6.07) is 0. The number of aryl methyl sites for hydroxylation is 1. The number of nitrogens with zero attached hydrogens (tertiary/aromatic N) is 1. The standard InChI is InChI=1S/C7H9N2/c1-2-4-7-6(3-1)8-5-9-7/h1,5H,2-4H2,(H,8,9)/q-1. The minimum atomic E-state index is 1.05. The Labute approximate surface area is 54.3 Å². The van der Waals surface area contributed by atoms with Crippen molar-refractivity contribution in [3.8, 4) is 0 Å². The molecule has 1 aliphatic carbocycles. The highest BCUT2D eigenvalue weighted by atomic mass is 14.9. The number of nitrogens with one attached hydrogen (secondary N) is 1. The molecular weight excluding hydrogens is 112 g/mol. The van der Waals surface area contributed by atoms with Gasteiger partial charge in [0.25, 0.3) is 0 Å². The summed E-state index contributed by atoms with van der Waals surface area (Å²) < 4.78 is 0. The monoisotopic (exact) mass is 121 g/mol. The van der Waals surface area contributed by atoms with Crippen molar-refractivity contribution < 1.29 is 0 Å². The zero-order chi connectivity index (χ0) is 6.10. The van der Waals surface area contributed by atoms with Gasteiger partial charge in [-0.25, -0.2) is 4.98 Å². The molecule has 48 valence electrons. The Balaban J connectivity index is 2.39. The Bertz CT molecular complexity index is 182. The number of H-pyrrole nitrogens is 1. The number of hydrogen-bond acceptors (Lipinski definition) is 1. The summed E-state index contributed by atoms with van der Waals surface area (Å²) in [5.74, 6) is 0. The Kier molecular flexibility index (Phi) is 1.04. The molecule has 9 heavy (non-hydrogen) atoms. The quantitative estimate of drug-likeness (QED) is 0.511. The molecule has 0 saturated carbocycles. The first kappa shape index (κ1) is 5.03. The van der Waals surface area contributed by atoms with E-state index in [0.717, 1.165) is 12.8 Å². The third-order valence-electron chi connectivity index (χ3n) is 1.74. The van der Waals surface area contributed by atoms with Crippen LogP contribution in [0.1, 0.15) is 17.8 Å². The van der Waals surface area contributed by atoms with Crippen LogP contribution in [0.15, 0.2) is 6.33 Å². The van der Waals surface area contributed by atoms with E-state index in [-0.39, 0.29) is 0 Å². The van der Waals surface area contributed by atoms with Crippen LogP contribution < -0.4 is 0 Å². The van der Waals surface area contributed by atoms with Crippen LogP contribution in [0.5, 0.6) is 0 Å². The normalized spacial score (nSPS) is 17.3. The summed E-state index contributed by atoms with van der Waals surface area (Å²) in [6.45, 7) is 0. The molecule has 0 saturated heterocycles. The topological polar surface area (TPSA) is 28.7 Å². The predicted molar refractivity (Wildman–Crippen MR) is 34.9 cm³/mol. The smallest absolute Gasteiger partial charge is 0.0924 e. The van der Waals surface area contributed by atoms with E-state index in [2.05, 4.69) is 16.4 Å². The lowest BCUT2D eigenvalue weighted by Crippen LogP contribution is -2.01. The maximum atomic E-state index is 4.17. The van der Waals surface area contributed by atoms with Crippen LogP contribution in [0.4, 0.5) is 0 Å². The van der Waals surface area contributed by atoms with Gasteiger partial charge in [0, 0.05) is 11.4 Å². The van der Waals surface area contributed by atoms with E-state index >= 15 is 0 Å². The van der Waals surface area contributed by atoms with Crippen LogP contribution in [0, 0.1) is 6.42 Å². The molecule has 0 aliphatic heterocycles. The predicted octanol–water partition coefficient (Wildman–Crippen LogP) is 1.10. The summed E-state index contributed by atoms with van der Waals surface area (Å²) in [6.07, 6.45) is 7.47. The number of hydrogen-bond donors (Lipinski definition) is 1. The first-order valence-electron chi connectivity index (χ1n) is 3.29. The fourth-order valence-corrected chi connectivity index (χ4v) is 1.23. The molecular formula is C7H9N2-. The van der Waals surface area contributed by atoms with Crippen molar-refractivity contribution in [2.45, 2.75) is 19.3 Å². The molecule has 0 aromatic carbocycles. The molecule has 0 unspecified atom stereocenters. The number of imidazole rings is 1. The van der Waals surface area contributed by atoms with E-state index in [9.17, 15) is 0 Å². The summed E-state index contributed by atoms with van der Waals surface area (Å²) in [4.78, 5) is 7.30. The highest BCUT2D eigenvalue weighted by Gasteiger charge is 2.03. The van der Waals surface area contributed by atoms with Gasteiger partial charge in [0.1, 0.15) is 0 Å². The maximum absolute atomic E-state index is 4.17. The van der Waals surface area contributed by atoms with Crippen molar-refractivity contribution in [2.24, 2.45) is 0 Å². The lowest BCUT2D eigenvalue weighted by molar-refractivity contribution is 0.800. The van der Waals surface area contributed by atoms with Crippen LogP contribution in [0.3, 0.4) is 0 Å². The Morgan fingerprint density at radius 2 is 2.67 bits per heavy atom. The van der Waals surface area contributed by atoms with Gasteiger partial charge in [0.15, 0.2) is 0 Å². The molecule has 0 bridgehead atoms.